The average Bonchev–Trinajstić information content (AvgIpc) is 2.07. The summed E-state index contributed by atoms with van der Waals surface area (Å²) in [4.78, 5) is 0. The second-order valence-corrected chi connectivity index (χ2v) is 2.98. The van der Waals surface area contributed by atoms with E-state index in [0.29, 0.717) is 0 Å². The molecular weight excluding hydrogens is 154 g/mol. The van der Waals surface area contributed by atoms with Gasteiger partial charge >= 0.3 is 0 Å². The predicted molar refractivity (Wildman–Crippen MR) is 50.2 cm³/mol. The Morgan fingerprint density at radius 1 is 1.33 bits per heavy atom. The quantitative estimate of drug-likeness (QED) is 0.591. The standard InChI is InChI=1S/C9H21NO2/c1-4-9(12-3)8(10)6-5-7-11-2/h8-9H,4-7,10H2,1-3H3. The topological polar surface area (TPSA) is 44.5 Å². The third kappa shape index (κ3) is 4.70. The average molecular weight is 175 g/mol. The summed E-state index contributed by atoms with van der Waals surface area (Å²) in [5, 5.41) is 0. The highest BCUT2D eigenvalue weighted by molar-refractivity contribution is 4.71. The molecule has 12 heavy (non-hydrogen) atoms. The molecule has 0 saturated carbocycles. The van der Waals surface area contributed by atoms with E-state index in [1.165, 1.54) is 0 Å². The minimum Gasteiger partial charge on any atom is -0.385 e. The molecular formula is C9H21NO2. The zero-order valence-electron chi connectivity index (χ0n) is 8.38. The van der Waals surface area contributed by atoms with Crippen LogP contribution in [-0.2, 0) is 9.47 Å². The Morgan fingerprint density at radius 3 is 2.42 bits per heavy atom. The Hall–Kier alpha value is -0.120. The van der Waals surface area contributed by atoms with E-state index in [0.717, 1.165) is 25.9 Å². The molecule has 2 N–H and O–H groups in total. The maximum atomic E-state index is 5.90. The van der Waals surface area contributed by atoms with Gasteiger partial charge < -0.3 is 15.2 Å². The van der Waals surface area contributed by atoms with Gasteiger partial charge in [-0.15, -0.1) is 0 Å². The third-order valence-electron chi connectivity index (χ3n) is 2.07. The van der Waals surface area contributed by atoms with Crippen molar-refractivity contribution in [1.29, 1.82) is 0 Å². The van der Waals surface area contributed by atoms with E-state index in [-0.39, 0.29) is 12.1 Å². The molecule has 0 spiro atoms. The molecule has 74 valence electrons. The first kappa shape index (κ1) is 11.9. The van der Waals surface area contributed by atoms with Crippen molar-refractivity contribution < 1.29 is 9.47 Å². The van der Waals surface area contributed by atoms with Crippen molar-refractivity contribution in [3.05, 3.63) is 0 Å². The molecule has 0 amide bonds. The Bertz CT molecular complexity index is 94.5. The van der Waals surface area contributed by atoms with Gasteiger partial charge in [0.1, 0.15) is 0 Å². The molecule has 0 aliphatic heterocycles. The highest BCUT2D eigenvalue weighted by Crippen LogP contribution is 2.06. The van der Waals surface area contributed by atoms with E-state index in [9.17, 15) is 0 Å². The molecule has 3 nitrogen and oxygen atoms in total. The predicted octanol–water partition coefficient (Wildman–Crippen LogP) is 1.17. The SMILES string of the molecule is CCC(OC)C(N)CCCOC. The van der Waals surface area contributed by atoms with Gasteiger partial charge in [0.05, 0.1) is 6.10 Å². The van der Waals surface area contributed by atoms with Crippen molar-refractivity contribution in [2.24, 2.45) is 5.73 Å². The van der Waals surface area contributed by atoms with Crippen LogP contribution in [0.5, 0.6) is 0 Å². The lowest BCUT2D eigenvalue weighted by molar-refractivity contribution is 0.0711. The van der Waals surface area contributed by atoms with Crippen molar-refractivity contribution in [1.82, 2.24) is 0 Å². The van der Waals surface area contributed by atoms with Gasteiger partial charge in [0.2, 0.25) is 0 Å². The maximum Gasteiger partial charge on any atom is 0.0719 e. The summed E-state index contributed by atoms with van der Waals surface area (Å²) in [5.74, 6) is 0. The molecule has 0 fully saturated rings. The molecule has 0 aliphatic carbocycles. The van der Waals surface area contributed by atoms with Gasteiger partial charge in [0, 0.05) is 26.9 Å². The number of hydrogen-bond donors (Lipinski definition) is 1. The highest BCUT2D eigenvalue weighted by atomic mass is 16.5. The van der Waals surface area contributed by atoms with Crippen LogP contribution in [0, 0.1) is 0 Å². The summed E-state index contributed by atoms with van der Waals surface area (Å²) in [6, 6.07) is 0.148. The van der Waals surface area contributed by atoms with Crippen molar-refractivity contribution in [3.63, 3.8) is 0 Å². The van der Waals surface area contributed by atoms with Crippen LogP contribution in [0.3, 0.4) is 0 Å². The van der Waals surface area contributed by atoms with Crippen LogP contribution in [0.2, 0.25) is 0 Å². The lowest BCUT2D eigenvalue weighted by Gasteiger charge is -2.20. The number of hydrogen-bond acceptors (Lipinski definition) is 3. The lowest BCUT2D eigenvalue weighted by atomic mass is 10.0. The first-order valence-corrected chi connectivity index (χ1v) is 4.53. The Balaban J connectivity index is 3.47. The smallest absolute Gasteiger partial charge is 0.0719 e. The summed E-state index contributed by atoms with van der Waals surface area (Å²) in [5.41, 5.74) is 5.90. The zero-order valence-corrected chi connectivity index (χ0v) is 8.38. The minimum absolute atomic E-state index is 0.148. The second-order valence-electron chi connectivity index (χ2n) is 2.98. The molecule has 0 radical (unpaired) electrons. The van der Waals surface area contributed by atoms with Crippen LogP contribution in [-0.4, -0.2) is 33.0 Å². The van der Waals surface area contributed by atoms with Gasteiger partial charge in [-0.2, -0.15) is 0 Å². The minimum atomic E-state index is 0.148. The molecule has 3 heteroatoms. The molecule has 0 rings (SSSR count). The van der Waals surface area contributed by atoms with E-state index in [1.807, 2.05) is 0 Å². The summed E-state index contributed by atoms with van der Waals surface area (Å²) in [6.07, 6.45) is 3.16. The summed E-state index contributed by atoms with van der Waals surface area (Å²) in [7, 11) is 3.42. The van der Waals surface area contributed by atoms with E-state index in [2.05, 4.69) is 6.92 Å². The van der Waals surface area contributed by atoms with Crippen LogP contribution in [0.1, 0.15) is 26.2 Å². The van der Waals surface area contributed by atoms with Crippen molar-refractivity contribution >= 4 is 0 Å². The molecule has 0 aromatic heterocycles. The molecule has 0 bridgehead atoms. The first-order chi connectivity index (χ1) is 5.76. The van der Waals surface area contributed by atoms with Gasteiger partial charge in [-0.1, -0.05) is 6.92 Å². The molecule has 0 aromatic carbocycles. The van der Waals surface area contributed by atoms with E-state index < -0.39 is 0 Å². The zero-order chi connectivity index (χ0) is 9.40. The van der Waals surface area contributed by atoms with Gasteiger partial charge in [0.15, 0.2) is 0 Å². The summed E-state index contributed by atoms with van der Waals surface area (Å²) < 4.78 is 10.2. The molecule has 2 atom stereocenters. The Morgan fingerprint density at radius 2 is 2.00 bits per heavy atom. The molecule has 2 unspecified atom stereocenters. The van der Waals surface area contributed by atoms with Gasteiger partial charge in [-0.3, -0.25) is 0 Å². The fourth-order valence-electron chi connectivity index (χ4n) is 1.29. The van der Waals surface area contributed by atoms with Gasteiger partial charge in [0.25, 0.3) is 0 Å². The van der Waals surface area contributed by atoms with Crippen molar-refractivity contribution in [3.8, 4) is 0 Å². The second kappa shape index (κ2) is 7.53. The van der Waals surface area contributed by atoms with Gasteiger partial charge in [-0.25, -0.2) is 0 Å². The molecule has 0 saturated heterocycles. The van der Waals surface area contributed by atoms with E-state index in [1.54, 1.807) is 14.2 Å². The van der Waals surface area contributed by atoms with Crippen molar-refractivity contribution in [2.75, 3.05) is 20.8 Å². The molecule has 0 aliphatic rings. The van der Waals surface area contributed by atoms with Crippen LogP contribution < -0.4 is 5.73 Å². The van der Waals surface area contributed by atoms with Crippen LogP contribution in [0.25, 0.3) is 0 Å². The third-order valence-corrected chi connectivity index (χ3v) is 2.07. The van der Waals surface area contributed by atoms with E-state index >= 15 is 0 Å². The fraction of sp³-hybridized carbons (Fsp3) is 1.00. The first-order valence-electron chi connectivity index (χ1n) is 4.53. The maximum absolute atomic E-state index is 5.90. The molecule has 0 heterocycles. The molecule has 0 aromatic rings. The van der Waals surface area contributed by atoms with Gasteiger partial charge in [-0.05, 0) is 19.3 Å². The largest absolute Gasteiger partial charge is 0.385 e. The number of ether oxygens (including phenoxy) is 2. The van der Waals surface area contributed by atoms with Crippen LogP contribution in [0.15, 0.2) is 0 Å². The lowest BCUT2D eigenvalue weighted by Crippen LogP contribution is -2.35. The number of nitrogens with two attached hydrogens (primary N) is 1. The number of rotatable bonds is 7. The van der Waals surface area contributed by atoms with Crippen molar-refractivity contribution in [2.45, 2.75) is 38.3 Å². The van der Waals surface area contributed by atoms with E-state index in [4.69, 9.17) is 15.2 Å². The fourth-order valence-corrected chi connectivity index (χ4v) is 1.29. The monoisotopic (exact) mass is 175 g/mol. The highest BCUT2D eigenvalue weighted by Gasteiger charge is 2.13. The Labute approximate surface area is 75.2 Å². The summed E-state index contributed by atoms with van der Waals surface area (Å²) >= 11 is 0. The Kier molecular flexibility index (Phi) is 7.45. The number of methoxy groups -OCH3 is 2. The van der Waals surface area contributed by atoms with Crippen LogP contribution in [0.4, 0.5) is 0 Å². The van der Waals surface area contributed by atoms with Crippen LogP contribution >= 0.6 is 0 Å². The normalized spacial score (nSPS) is 16.0. The summed E-state index contributed by atoms with van der Waals surface area (Å²) in [6.45, 7) is 2.87.